The molecule has 116 valence electrons. The lowest BCUT2D eigenvalue weighted by Gasteiger charge is -2.12. The highest BCUT2D eigenvalue weighted by atomic mass is 19.1. The molecule has 5 heteroatoms. The smallest absolute Gasteiger partial charge is 0.236 e. The zero-order valence-corrected chi connectivity index (χ0v) is 12.6. The summed E-state index contributed by atoms with van der Waals surface area (Å²) >= 11 is 0. The fourth-order valence-corrected chi connectivity index (χ4v) is 1.92. The summed E-state index contributed by atoms with van der Waals surface area (Å²) in [6.45, 7) is 3.97. The Labute approximate surface area is 129 Å². The first-order valence-corrected chi connectivity index (χ1v) is 7.02. The Morgan fingerprint density at radius 1 is 1.27 bits per heavy atom. The number of nitrogens with two attached hydrogens (primary N) is 1. The normalized spacial score (nSPS) is 11.8. The van der Waals surface area contributed by atoms with E-state index in [2.05, 4.69) is 5.32 Å². The standard InChI is InChI=1S/C17H19FN2O2/c1-11-9-13(10-20-17(21)12(2)19)3-8-16(11)22-15-6-4-14(18)5-7-15/h3-9,12H,10,19H2,1-2H3,(H,20,21)/t12-/m0/s1. The van der Waals surface area contributed by atoms with Gasteiger partial charge in [0.05, 0.1) is 6.04 Å². The number of hydrogen-bond acceptors (Lipinski definition) is 3. The molecule has 0 saturated carbocycles. The maximum atomic E-state index is 12.9. The number of ether oxygens (including phenoxy) is 1. The maximum Gasteiger partial charge on any atom is 0.236 e. The minimum atomic E-state index is -0.526. The molecule has 2 aromatic rings. The molecule has 0 unspecified atom stereocenters. The number of rotatable bonds is 5. The van der Waals surface area contributed by atoms with E-state index >= 15 is 0 Å². The van der Waals surface area contributed by atoms with Crippen molar-refractivity contribution in [1.29, 1.82) is 0 Å². The van der Waals surface area contributed by atoms with E-state index in [4.69, 9.17) is 10.5 Å². The first-order valence-electron chi connectivity index (χ1n) is 7.02. The minimum Gasteiger partial charge on any atom is -0.457 e. The predicted molar refractivity (Wildman–Crippen MR) is 83.1 cm³/mol. The largest absolute Gasteiger partial charge is 0.457 e. The highest BCUT2D eigenvalue weighted by Crippen LogP contribution is 2.25. The van der Waals surface area contributed by atoms with Crippen molar-refractivity contribution in [1.82, 2.24) is 5.32 Å². The quantitative estimate of drug-likeness (QED) is 0.892. The van der Waals surface area contributed by atoms with Gasteiger partial charge in [-0.2, -0.15) is 0 Å². The number of carbonyl (C=O) groups excluding carboxylic acids is 1. The zero-order valence-electron chi connectivity index (χ0n) is 12.6. The highest BCUT2D eigenvalue weighted by Gasteiger charge is 2.08. The summed E-state index contributed by atoms with van der Waals surface area (Å²) in [7, 11) is 0. The molecule has 0 aliphatic carbocycles. The predicted octanol–water partition coefficient (Wildman–Crippen LogP) is 2.89. The van der Waals surface area contributed by atoms with Crippen molar-refractivity contribution < 1.29 is 13.9 Å². The van der Waals surface area contributed by atoms with Gasteiger partial charge in [-0.1, -0.05) is 12.1 Å². The van der Waals surface area contributed by atoms with Gasteiger partial charge in [-0.3, -0.25) is 4.79 Å². The Morgan fingerprint density at radius 3 is 2.55 bits per heavy atom. The van der Waals surface area contributed by atoms with Crippen molar-refractivity contribution >= 4 is 5.91 Å². The van der Waals surface area contributed by atoms with Crippen LogP contribution in [0.1, 0.15) is 18.1 Å². The van der Waals surface area contributed by atoms with Crippen molar-refractivity contribution in [3.8, 4) is 11.5 Å². The molecular weight excluding hydrogens is 283 g/mol. The van der Waals surface area contributed by atoms with Crippen LogP contribution in [0.4, 0.5) is 4.39 Å². The minimum absolute atomic E-state index is 0.190. The number of nitrogens with one attached hydrogen (secondary N) is 1. The summed E-state index contributed by atoms with van der Waals surface area (Å²) in [6, 6.07) is 10.9. The van der Waals surface area contributed by atoms with Crippen LogP contribution in [0.2, 0.25) is 0 Å². The van der Waals surface area contributed by atoms with Gasteiger partial charge < -0.3 is 15.8 Å². The summed E-state index contributed by atoms with van der Waals surface area (Å²) in [5.41, 5.74) is 7.38. The van der Waals surface area contributed by atoms with E-state index in [1.165, 1.54) is 12.1 Å². The van der Waals surface area contributed by atoms with Crippen LogP contribution in [0.25, 0.3) is 0 Å². The van der Waals surface area contributed by atoms with Crippen molar-refractivity contribution in [2.75, 3.05) is 0 Å². The van der Waals surface area contributed by atoms with E-state index < -0.39 is 6.04 Å². The second-order valence-electron chi connectivity index (χ2n) is 5.16. The average Bonchev–Trinajstić information content (AvgIpc) is 2.49. The monoisotopic (exact) mass is 302 g/mol. The van der Waals surface area contributed by atoms with Crippen LogP contribution >= 0.6 is 0 Å². The van der Waals surface area contributed by atoms with Crippen LogP contribution in [0.15, 0.2) is 42.5 Å². The van der Waals surface area contributed by atoms with Gasteiger partial charge in [0, 0.05) is 6.54 Å². The third kappa shape index (κ3) is 4.30. The van der Waals surface area contributed by atoms with Gasteiger partial charge in [0.25, 0.3) is 0 Å². The lowest BCUT2D eigenvalue weighted by molar-refractivity contribution is -0.122. The molecule has 0 aromatic heterocycles. The molecule has 1 atom stereocenters. The van der Waals surface area contributed by atoms with Crippen LogP contribution in [0, 0.1) is 12.7 Å². The third-order valence-corrected chi connectivity index (χ3v) is 3.16. The molecule has 0 spiro atoms. The SMILES string of the molecule is Cc1cc(CNC(=O)[C@H](C)N)ccc1Oc1ccc(F)cc1. The first kappa shape index (κ1) is 16.0. The van der Waals surface area contributed by atoms with E-state index in [9.17, 15) is 9.18 Å². The highest BCUT2D eigenvalue weighted by molar-refractivity contribution is 5.80. The number of aryl methyl sites for hydroxylation is 1. The molecule has 2 rings (SSSR count). The molecular formula is C17H19FN2O2. The van der Waals surface area contributed by atoms with Crippen LogP contribution in [-0.4, -0.2) is 11.9 Å². The Kier molecular flexibility index (Phi) is 5.12. The molecule has 3 N–H and O–H groups in total. The molecule has 1 amide bonds. The second kappa shape index (κ2) is 7.04. The molecule has 0 radical (unpaired) electrons. The van der Waals surface area contributed by atoms with E-state index in [0.29, 0.717) is 18.0 Å². The molecule has 0 aliphatic rings. The van der Waals surface area contributed by atoms with Crippen molar-refractivity contribution in [3.63, 3.8) is 0 Å². The molecule has 0 fully saturated rings. The summed E-state index contributed by atoms with van der Waals surface area (Å²) in [4.78, 5) is 11.4. The van der Waals surface area contributed by atoms with Gasteiger partial charge in [0.2, 0.25) is 5.91 Å². The van der Waals surface area contributed by atoms with Crippen LogP contribution < -0.4 is 15.8 Å². The van der Waals surface area contributed by atoms with Gasteiger partial charge >= 0.3 is 0 Å². The fourth-order valence-electron chi connectivity index (χ4n) is 1.92. The number of carbonyl (C=O) groups is 1. The molecule has 4 nitrogen and oxygen atoms in total. The fraction of sp³-hybridized carbons (Fsp3) is 0.235. The average molecular weight is 302 g/mol. The molecule has 22 heavy (non-hydrogen) atoms. The Bertz CT molecular complexity index is 654. The summed E-state index contributed by atoms with van der Waals surface area (Å²) in [6.07, 6.45) is 0. The van der Waals surface area contributed by atoms with Gasteiger partial charge in [-0.05, 0) is 55.3 Å². The van der Waals surface area contributed by atoms with E-state index in [1.54, 1.807) is 19.1 Å². The van der Waals surface area contributed by atoms with Gasteiger partial charge in [-0.25, -0.2) is 4.39 Å². The van der Waals surface area contributed by atoms with Crippen molar-refractivity contribution in [3.05, 3.63) is 59.4 Å². The topological polar surface area (TPSA) is 64.4 Å². The van der Waals surface area contributed by atoms with Crippen LogP contribution in [0.5, 0.6) is 11.5 Å². The Balaban J connectivity index is 2.03. The Hall–Kier alpha value is -2.40. The number of benzene rings is 2. The molecule has 0 heterocycles. The second-order valence-corrected chi connectivity index (χ2v) is 5.16. The lowest BCUT2D eigenvalue weighted by atomic mass is 10.1. The van der Waals surface area contributed by atoms with E-state index in [1.807, 2.05) is 25.1 Å². The van der Waals surface area contributed by atoms with Gasteiger partial charge in [0.15, 0.2) is 0 Å². The van der Waals surface area contributed by atoms with Crippen molar-refractivity contribution in [2.24, 2.45) is 5.73 Å². The zero-order chi connectivity index (χ0) is 16.1. The van der Waals surface area contributed by atoms with Crippen molar-refractivity contribution in [2.45, 2.75) is 26.4 Å². The molecule has 0 saturated heterocycles. The van der Waals surface area contributed by atoms with Gasteiger partial charge in [-0.15, -0.1) is 0 Å². The molecule has 0 bridgehead atoms. The maximum absolute atomic E-state index is 12.9. The number of hydrogen-bond donors (Lipinski definition) is 2. The van der Waals surface area contributed by atoms with Gasteiger partial charge in [0.1, 0.15) is 17.3 Å². The first-order chi connectivity index (χ1) is 10.5. The van der Waals surface area contributed by atoms with E-state index in [-0.39, 0.29) is 11.7 Å². The molecule has 0 aliphatic heterocycles. The summed E-state index contributed by atoms with van der Waals surface area (Å²) in [5.74, 6) is 0.768. The Morgan fingerprint density at radius 2 is 1.95 bits per heavy atom. The number of amides is 1. The lowest BCUT2D eigenvalue weighted by Crippen LogP contribution is -2.37. The summed E-state index contributed by atoms with van der Waals surface area (Å²) in [5, 5.41) is 2.75. The molecule has 2 aromatic carbocycles. The number of halogens is 1. The van der Waals surface area contributed by atoms with Crippen LogP contribution in [0.3, 0.4) is 0 Å². The summed E-state index contributed by atoms with van der Waals surface area (Å²) < 4.78 is 18.6. The van der Waals surface area contributed by atoms with Crippen LogP contribution in [-0.2, 0) is 11.3 Å². The third-order valence-electron chi connectivity index (χ3n) is 3.16. The van der Waals surface area contributed by atoms with E-state index in [0.717, 1.165) is 11.1 Å².